The van der Waals surface area contributed by atoms with Crippen LogP contribution >= 0.6 is 0 Å². The van der Waals surface area contributed by atoms with E-state index < -0.39 is 0 Å². The molecule has 0 aliphatic carbocycles. The molecule has 9 heteroatoms. The molecule has 4 aromatic rings. The molecule has 0 radical (unpaired) electrons. The van der Waals surface area contributed by atoms with Crippen molar-refractivity contribution in [1.29, 1.82) is 0 Å². The van der Waals surface area contributed by atoms with Gasteiger partial charge in [-0.05, 0) is 61.0 Å². The molecule has 2 aliphatic heterocycles. The van der Waals surface area contributed by atoms with Crippen LogP contribution in [0.25, 0.3) is 16.9 Å². The minimum atomic E-state index is -0.305. The van der Waals surface area contributed by atoms with Crippen molar-refractivity contribution >= 4 is 17.6 Å². The number of carbonyl (C=O) groups excluding carboxylic acids is 2. The van der Waals surface area contributed by atoms with E-state index in [-0.39, 0.29) is 11.9 Å². The van der Waals surface area contributed by atoms with E-state index in [2.05, 4.69) is 50.0 Å². The predicted molar refractivity (Wildman–Crippen MR) is 163 cm³/mol. The molecule has 6 rings (SSSR count). The van der Waals surface area contributed by atoms with Crippen molar-refractivity contribution in [3.8, 4) is 16.9 Å². The Morgan fingerprint density at radius 1 is 0.905 bits per heavy atom. The lowest BCUT2D eigenvalue weighted by atomic mass is 10.0. The van der Waals surface area contributed by atoms with E-state index in [1.807, 2.05) is 71.6 Å². The lowest BCUT2D eigenvalue weighted by Gasteiger charge is -2.38. The van der Waals surface area contributed by atoms with Crippen LogP contribution in [0.15, 0.2) is 110 Å². The van der Waals surface area contributed by atoms with E-state index in [1.54, 1.807) is 23.3 Å². The largest absolute Gasteiger partial charge is 0.371 e. The zero-order chi connectivity index (χ0) is 28.7. The molecule has 2 aromatic carbocycles. The van der Waals surface area contributed by atoms with E-state index in [0.717, 1.165) is 41.9 Å². The second kappa shape index (κ2) is 12.6. The second-order valence-electron chi connectivity index (χ2n) is 10.4. The van der Waals surface area contributed by atoms with Crippen molar-refractivity contribution in [1.82, 2.24) is 29.9 Å². The van der Waals surface area contributed by atoms with Gasteiger partial charge in [0.1, 0.15) is 0 Å². The standard InChI is InChI=1S/C33H33N7O2/c41-32(39-20-15-28(16-21-39)38-18-5-2-6-19-38)30-24-36-40(31(30)26-9-3-1-4-10-26)29-13-11-27(12-14-29)37-33(42)35-23-25-8-7-17-34-22-25/h1-14,17-18,22,24,28H,15-16,19-21,23H2,(H2,35,37,42). The fourth-order valence-electron chi connectivity index (χ4n) is 5.44. The number of amides is 3. The predicted octanol–water partition coefficient (Wildman–Crippen LogP) is 5.25. The zero-order valence-corrected chi connectivity index (χ0v) is 23.3. The summed E-state index contributed by atoms with van der Waals surface area (Å²) in [5, 5.41) is 10.4. The van der Waals surface area contributed by atoms with Crippen molar-refractivity contribution in [2.45, 2.75) is 25.4 Å². The van der Waals surface area contributed by atoms with Gasteiger partial charge in [-0.2, -0.15) is 5.10 Å². The number of piperidine rings is 1. The first-order valence-corrected chi connectivity index (χ1v) is 14.2. The third-order valence-corrected chi connectivity index (χ3v) is 7.65. The average Bonchev–Trinajstić information content (AvgIpc) is 3.50. The number of urea groups is 1. The van der Waals surface area contributed by atoms with Crippen molar-refractivity contribution in [2.24, 2.45) is 0 Å². The van der Waals surface area contributed by atoms with Crippen LogP contribution in [-0.2, 0) is 6.54 Å². The Morgan fingerprint density at radius 3 is 2.43 bits per heavy atom. The van der Waals surface area contributed by atoms with Gasteiger partial charge in [-0.25, -0.2) is 9.48 Å². The van der Waals surface area contributed by atoms with E-state index in [0.29, 0.717) is 36.9 Å². The Labute approximate surface area is 245 Å². The van der Waals surface area contributed by atoms with Crippen LogP contribution in [0.4, 0.5) is 10.5 Å². The molecule has 0 atom stereocenters. The summed E-state index contributed by atoms with van der Waals surface area (Å²) in [6.07, 6.45) is 15.4. The quantitative estimate of drug-likeness (QED) is 0.323. The summed E-state index contributed by atoms with van der Waals surface area (Å²) < 4.78 is 1.80. The number of likely N-dealkylation sites (tertiary alicyclic amines) is 1. The van der Waals surface area contributed by atoms with Gasteiger partial charge in [-0.15, -0.1) is 0 Å². The first-order valence-electron chi connectivity index (χ1n) is 14.2. The maximum Gasteiger partial charge on any atom is 0.319 e. The Bertz CT molecular complexity index is 1570. The van der Waals surface area contributed by atoms with Crippen molar-refractivity contribution < 1.29 is 9.59 Å². The number of benzene rings is 2. The summed E-state index contributed by atoms with van der Waals surface area (Å²) >= 11 is 0. The fraction of sp³-hybridized carbons (Fsp3) is 0.212. The third kappa shape index (κ3) is 6.10. The highest BCUT2D eigenvalue weighted by Gasteiger charge is 2.29. The van der Waals surface area contributed by atoms with Crippen molar-refractivity contribution in [2.75, 3.05) is 25.0 Å². The van der Waals surface area contributed by atoms with Crippen LogP contribution in [0.1, 0.15) is 28.8 Å². The Morgan fingerprint density at radius 2 is 1.71 bits per heavy atom. The molecule has 4 heterocycles. The molecule has 2 aliphatic rings. The highest BCUT2D eigenvalue weighted by molar-refractivity contribution is 6.00. The zero-order valence-electron chi connectivity index (χ0n) is 23.3. The number of nitrogens with one attached hydrogen (secondary N) is 2. The molecule has 0 saturated carbocycles. The summed E-state index contributed by atoms with van der Waals surface area (Å²) in [5.41, 5.74) is 4.60. The van der Waals surface area contributed by atoms with Crippen molar-refractivity contribution in [3.63, 3.8) is 0 Å². The molecule has 3 amide bonds. The molecule has 42 heavy (non-hydrogen) atoms. The molecule has 2 N–H and O–H groups in total. The number of nitrogens with zero attached hydrogens (tertiary/aromatic N) is 5. The van der Waals surface area contributed by atoms with E-state index in [9.17, 15) is 9.59 Å². The Kier molecular flexibility index (Phi) is 8.07. The molecule has 0 spiro atoms. The number of hydrogen-bond donors (Lipinski definition) is 2. The summed E-state index contributed by atoms with van der Waals surface area (Å²) in [7, 11) is 0. The van der Waals surface area contributed by atoms with Gasteiger partial charge in [-0.3, -0.25) is 9.78 Å². The Hall–Kier alpha value is -5.18. The number of pyridine rings is 1. The molecule has 212 valence electrons. The van der Waals surface area contributed by atoms with E-state index in [1.165, 1.54) is 0 Å². The number of allylic oxidation sites excluding steroid dienone is 2. The third-order valence-electron chi connectivity index (χ3n) is 7.65. The second-order valence-corrected chi connectivity index (χ2v) is 10.4. The molecular formula is C33H33N7O2. The van der Waals surface area contributed by atoms with E-state index in [4.69, 9.17) is 0 Å². The monoisotopic (exact) mass is 559 g/mol. The van der Waals surface area contributed by atoms with Crippen LogP contribution in [0.5, 0.6) is 0 Å². The van der Waals surface area contributed by atoms with Gasteiger partial charge in [0.25, 0.3) is 5.91 Å². The highest BCUT2D eigenvalue weighted by Crippen LogP contribution is 2.29. The number of anilines is 1. The number of rotatable bonds is 7. The van der Waals surface area contributed by atoms with Crippen LogP contribution in [0.3, 0.4) is 0 Å². The smallest absolute Gasteiger partial charge is 0.319 e. The normalized spacial score (nSPS) is 15.0. The molecule has 9 nitrogen and oxygen atoms in total. The first-order chi connectivity index (χ1) is 20.7. The number of hydrogen-bond acceptors (Lipinski definition) is 5. The summed E-state index contributed by atoms with van der Waals surface area (Å²) in [5.74, 6) is -0.00351. The van der Waals surface area contributed by atoms with Crippen LogP contribution in [-0.4, -0.2) is 62.2 Å². The van der Waals surface area contributed by atoms with Gasteiger partial charge in [0, 0.05) is 55.9 Å². The van der Waals surface area contributed by atoms with Gasteiger partial charge >= 0.3 is 6.03 Å². The SMILES string of the molecule is O=C(NCc1cccnc1)Nc1ccc(-n2ncc(C(=O)N3CCC(N4C=CC=CC4)CC3)c2-c2ccccc2)cc1. The van der Waals surface area contributed by atoms with Gasteiger partial charge < -0.3 is 20.4 Å². The molecule has 1 fully saturated rings. The maximum atomic E-state index is 13.8. The summed E-state index contributed by atoms with van der Waals surface area (Å²) in [6, 6.07) is 21.2. The summed E-state index contributed by atoms with van der Waals surface area (Å²) in [4.78, 5) is 34.6. The first kappa shape index (κ1) is 27.0. The molecule has 2 aromatic heterocycles. The highest BCUT2D eigenvalue weighted by atomic mass is 16.2. The van der Waals surface area contributed by atoms with Gasteiger partial charge in [0.15, 0.2) is 0 Å². The van der Waals surface area contributed by atoms with Crippen LogP contribution in [0, 0.1) is 0 Å². The van der Waals surface area contributed by atoms with Gasteiger partial charge in [0.2, 0.25) is 0 Å². The fourth-order valence-corrected chi connectivity index (χ4v) is 5.44. The van der Waals surface area contributed by atoms with Gasteiger partial charge in [0.05, 0.1) is 23.1 Å². The van der Waals surface area contributed by atoms with Crippen molar-refractivity contribution in [3.05, 3.63) is 121 Å². The minimum absolute atomic E-state index is 0.00351. The lowest BCUT2D eigenvalue weighted by Crippen LogP contribution is -2.45. The number of aromatic nitrogens is 3. The maximum absolute atomic E-state index is 13.8. The Balaban J connectivity index is 1.17. The lowest BCUT2D eigenvalue weighted by molar-refractivity contribution is 0.0667. The minimum Gasteiger partial charge on any atom is -0.371 e. The van der Waals surface area contributed by atoms with Crippen LogP contribution in [0.2, 0.25) is 0 Å². The van der Waals surface area contributed by atoms with Crippen LogP contribution < -0.4 is 10.6 Å². The average molecular weight is 560 g/mol. The van der Waals surface area contributed by atoms with E-state index >= 15 is 0 Å². The van der Waals surface area contributed by atoms with Gasteiger partial charge in [-0.1, -0.05) is 48.6 Å². The topological polar surface area (TPSA) is 95.4 Å². The molecule has 0 unspecified atom stereocenters. The molecule has 0 bridgehead atoms. The molecular weight excluding hydrogens is 526 g/mol. The summed E-state index contributed by atoms with van der Waals surface area (Å²) in [6.45, 7) is 2.72. The number of carbonyl (C=O) groups is 2. The molecule has 1 saturated heterocycles.